The lowest BCUT2D eigenvalue weighted by Gasteiger charge is -2.21. The van der Waals surface area contributed by atoms with Gasteiger partial charge in [-0.05, 0) is 30.7 Å². The first-order valence-corrected chi connectivity index (χ1v) is 7.50. The normalized spacial score (nSPS) is 13.9. The Morgan fingerprint density at radius 2 is 1.88 bits per heavy atom. The number of hydrogen-bond donors (Lipinski definition) is 1. The van der Waals surface area contributed by atoms with Crippen molar-refractivity contribution >= 4 is 11.6 Å². The highest BCUT2D eigenvalue weighted by Crippen LogP contribution is 2.32. The van der Waals surface area contributed by atoms with Crippen molar-refractivity contribution in [1.29, 1.82) is 0 Å². The fraction of sp³-hybridized carbons (Fsp3) is 0.235. The Balaban J connectivity index is 1.78. The van der Waals surface area contributed by atoms with Crippen LogP contribution in [0.1, 0.15) is 28.9 Å². The van der Waals surface area contributed by atoms with Gasteiger partial charge in [-0.3, -0.25) is 14.9 Å². The van der Waals surface area contributed by atoms with Gasteiger partial charge in [-0.1, -0.05) is 18.2 Å². The van der Waals surface area contributed by atoms with Crippen LogP contribution in [0.4, 0.5) is 5.69 Å². The van der Waals surface area contributed by atoms with Crippen LogP contribution < -0.4 is 14.8 Å². The molecule has 124 valence electrons. The van der Waals surface area contributed by atoms with Crippen molar-refractivity contribution in [2.45, 2.75) is 13.0 Å². The second kappa shape index (κ2) is 6.57. The van der Waals surface area contributed by atoms with E-state index in [0.29, 0.717) is 24.7 Å². The second-order valence-corrected chi connectivity index (χ2v) is 5.37. The number of nitrogens with one attached hydrogen (secondary N) is 1. The van der Waals surface area contributed by atoms with Gasteiger partial charge in [0, 0.05) is 6.07 Å². The van der Waals surface area contributed by atoms with Gasteiger partial charge in [-0.15, -0.1) is 0 Å². The molecule has 0 unspecified atom stereocenters. The van der Waals surface area contributed by atoms with Crippen LogP contribution in [0.2, 0.25) is 0 Å². The number of rotatable bonds is 4. The summed E-state index contributed by atoms with van der Waals surface area (Å²) in [6, 6.07) is 10.9. The number of fused-ring (bicyclic) bond motifs is 1. The van der Waals surface area contributed by atoms with Crippen molar-refractivity contribution in [3.8, 4) is 11.5 Å². The summed E-state index contributed by atoms with van der Waals surface area (Å²) in [6.07, 6.45) is 0. The van der Waals surface area contributed by atoms with Crippen molar-refractivity contribution in [3.63, 3.8) is 0 Å². The van der Waals surface area contributed by atoms with Gasteiger partial charge < -0.3 is 14.8 Å². The summed E-state index contributed by atoms with van der Waals surface area (Å²) in [4.78, 5) is 22.8. The SMILES string of the molecule is C[C@@H](NC(=O)c1ccccc1[N+](=O)[O-])c1ccc2c(c1)OCCO2. The monoisotopic (exact) mass is 328 g/mol. The van der Waals surface area contributed by atoms with E-state index in [1.807, 2.05) is 6.07 Å². The fourth-order valence-electron chi connectivity index (χ4n) is 2.51. The number of nitro groups is 1. The lowest BCUT2D eigenvalue weighted by atomic mass is 10.1. The minimum atomic E-state index is -0.566. The Hall–Kier alpha value is -3.09. The minimum absolute atomic E-state index is 0.0342. The summed E-state index contributed by atoms with van der Waals surface area (Å²) >= 11 is 0. The van der Waals surface area contributed by atoms with Gasteiger partial charge in [-0.2, -0.15) is 0 Å². The molecule has 7 heteroatoms. The number of para-hydroxylation sites is 1. The number of ether oxygens (including phenoxy) is 2. The Kier molecular flexibility index (Phi) is 4.33. The van der Waals surface area contributed by atoms with Crippen LogP contribution in [0.5, 0.6) is 11.5 Å². The molecule has 0 aliphatic carbocycles. The summed E-state index contributed by atoms with van der Waals surface area (Å²) in [7, 11) is 0. The molecule has 0 saturated heterocycles. The summed E-state index contributed by atoms with van der Waals surface area (Å²) in [5, 5.41) is 13.8. The van der Waals surface area contributed by atoms with E-state index < -0.39 is 10.8 Å². The third kappa shape index (κ3) is 3.15. The minimum Gasteiger partial charge on any atom is -0.486 e. The van der Waals surface area contributed by atoms with Crippen LogP contribution in [-0.4, -0.2) is 24.0 Å². The molecule has 0 aromatic heterocycles. The molecule has 0 spiro atoms. The molecule has 1 heterocycles. The van der Waals surface area contributed by atoms with E-state index in [4.69, 9.17) is 9.47 Å². The lowest BCUT2D eigenvalue weighted by molar-refractivity contribution is -0.385. The molecule has 0 fully saturated rings. The smallest absolute Gasteiger partial charge is 0.282 e. The van der Waals surface area contributed by atoms with E-state index in [2.05, 4.69) is 5.32 Å². The Bertz CT molecular complexity index is 790. The number of carbonyl (C=O) groups is 1. The first-order valence-electron chi connectivity index (χ1n) is 7.50. The van der Waals surface area contributed by atoms with E-state index in [1.54, 1.807) is 25.1 Å². The van der Waals surface area contributed by atoms with Crippen molar-refractivity contribution < 1.29 is 19.2 Å². The molecule has 1 N–H and O–H groups in total. The summed E-state index contributed by atoms with van der Waals surface area (Å²) in [6.45, 7) is 2.79. The molecule has 2 aromatic carbocycles. The van der Waals surface area contributed by atoms with Crippen LogP contribution >= 0.6 is 0 Å². The molecule has 7 nitrogen and oxygen atoms in total. The largest absolute Gasteiger partial charge is 0.486 e. The number of hydrogen-bond acceptors (Lipinski definition) is 5. The Morgan fingerprint density at radius 3 is 2.62 bits per heavy atom. The van der Waals surface area contributed by atoms with Gasteiger partial charge in [0.25, 0.3) is 11.6 Å². The van der Waals surface area contributed by atoms with Gasteiger partial charge in [0.05, 0.1) is 11.0 Å². The van der Waals surface area contributed by atoms with Crippen molar-refractivity contribution in [1.82, 2.24) is 5.32 Å². The van der Waals surface area contributed by atoms with E-state index in [0.717, 1.165) is 5.56 Å². The molecule has 2 aromatic rings. The molecule has 24 heavy (non-hydrogen) atoms. The molecule has 1 aliphatic rings. The van der Waals surface area contributed by atoms with Gasteiger partial charge in [0.15, 0.2) is 11.5 Å². The fourth-order valence-corrected chi connectivity index (χ4v) is 2.51. The van der Waals surface area contributed by atoms with Crippen LogP contribution in [0, 0.1) is 10.1 Å². The molecule has 3 rings (SSSR count). The highest BCUT2D eigenvalue weighted by molar-refractivity contribution is 5.98. The average Bonchev–Trinajstić information content (AvgIpc) is 2.61. The third-order valence-electron chi connectivity index (χ3n) is 3.76. The van der Waals surface area contributed by atoms with Crippen molar-refractivity contribution in [3.05, 3.63) is 63.7 Å². The van der Waals surface area contributed by atoms with E-state index in [1.165, 1.54) is 18.2 Å². The van der Waals surface area contributed by atoms with Crippen LogP contribution in [-0.2, 0) is 0 Å². The lowest BCUT2D eigenvalue weighted by Crippen LogP contribution is -2.27. The standard InChI is InChI=1S/C17H16N2O5/c1-11(12-6-7-15-16(10-12)24-9-8-23-15)18-17(20)13-4-2-3-5-14(13)19(21)22/h2-7,10-11H,8-9H2,1H3,(H,18,20)/t11-/m1/s1. The highest BCUT2D eigenvalue weighted by atomic mass is 16.6. The molecule has 0 saturated carbocycles. The number of nitro benzene ring substituents is 1. The van der Waals surface area contributed by atoms with Crippen LogP contribution in [0.3, 0.4) is 0 Å². The van der Waals surface area contributed by atoms with Crippen LogP contribution in [0.25, 0.3) is 0 Å². The Labute approximate surface area is 138 Å². The van der Waals surface area contributed by atoms with Crippen molar-refractivity contribution in [2.24, 2.45) is 0 Å². The van der Waals surface area contributed by atoms with Gasteiger partial charge >= 0.3 is 0 Å². The molecular weight excluding hydrogens is 312 g/mol. The summed E-state index contributed by atoms with van der Waals surface area (Å²) in [5.41, 5.74) is 0.641. The zero-order chi connectivity index (χ0) is 17.1. The molecular formula is C17H16N2O5. The predicted octanol–water partition coefficient (Wildman–Crippen LogP) is 2.86. The highest BCUT2D eigenvalue weighted by Gasteiger charge is 2.21. The summed E-state index contributed by atoms with van der Waals surface area (Å²) < 4.78 is 11.0. The Morgan fingerprint density at radius 1 is 1.17 bits per heavy atom. The first kappa shape index (κ1) is 15.8. The first-order chi connectivity index (χ1) is 11.6. The van der Waals surface area contributed by atoms with E-state index in [9.17, 15) is 14.9 Å². The van der Waals surface area contributed by atoms with Gasteiger partial charge in [0.1, 0.15) is 18.8 Å². The number of carbonyl (C=O) groups excluding carboxylic acids is 1. The maximum Gasteiger partial charge on any atom is 0.282 e. The maximum absolute atomic E-state index is 12.4. The molecule has 0 bridgehead atoms. The van der Waals surface area contributed by atoms with E-state index in [-0.39, 0.29) is 17.3 Å². The number of amides is 1. The van der Waals surface area contributed by atoms with Crippen LogP contribution in [0.15, 0.2) is 42.5 Å². The van der Waals surface area contributed by atoms with Gasteiger partial charge in [-0.25, -0.2) is 0 Å². The van der Waals surface area contributed by atoms with Crippen molar-refractivity contribution in [2.75, 3.05) is 13.2 Å². The molecule has 0 radical (unpaired) electrons. The molecule has 1 atom stereocenters. The number of nitrogens with zero attached hydrogens (tertiary/aromatic N) is 1. The zero-order valence-electron chi connectivity index (χ0n) is 13.0. The predicted molar refractivity (Wildman–Crippen MR) is 86.4 cm³/mol. The maximum atomic E-state index is 12.4. The quantitative estimate of drug-likeness (QED) is 0.688. The van der Waals surface area contributed by atoms with Gasteiger partial charge in [0.2, 0.25) is 0 Å². The zero-order valence-corrected chi connectivity index (χ0v) is 13.0. The third-order valence-corrected chi connectivity index (χ3v) is 3.76. The second-order valence-electron chi connectivity index (χ2n) is 5.37. The van der Waals surface area contributed by atoms with E-state index >= 15 is 0 Å². The topological polar surface area (TPSA) is 90.7 Å². The molecule has 1 aliphatic heterocycles. The molecule has 1 amide bonds. The average molecular weight is 328 g/mol. The number of benzene rings is 2. The summed E-state index contributed by atoms with van der Waals surface area (Å²) in [5.74, 6) is 0.803.